The van der Waals surface area contributed by atoms with Crippen molar-refractivity contribution in [3.63, 3.8) is 0 Å². The lowest BCUT2D eigenvalue weighted by Crippen LogP contribution is -2.35. The first kappa shape index (κ1) is 78.7. The first-order chi connectivity index (χ1) is 63.6. The molecule has 0 bridgehead atoms. The van der Waals surface area contributed by atoms with Crippen molar-refractivity contribution in [1.29, 1.82) is 0 Å². The standard InChI is InChI=1S/C32H35N2.2C29H31N2.C28H29N2/c1-22-30(24-10-5-6-11-24)19-28(23-8-3-4-9-23)20-31(22)32-29-14-13-25(27-12-7-16-33-21-27)18-26(29)15-17-34(32)2;1-19-14-25(22-8-5-6-9-22)17-28(21(19)3)29-27-12-11-23(24-10-7-13-30-18-24)16-26(27)15-20(2)31(29)4;1-20-11-12-24(22-8-5-4-6-9-22)18-28(20)29-27-14-13-23(25-10-7-15-30-19-25)17-26(27)16-21(2)31(29)3;1-19-10-11-23(21-7-4-5-8-21)17-27(19)28-26-13-12-22(24-9-6-14-29-18-24)16-25(26)15-20(2)30(28)3/h7,12-21,23-24H,3-6,8-11H2,1-2H3;7,10-18,22H,5-6,8-9H2,1-4H3;7,10-19,22H,4-6,8-9H2,1-3H3;6,9-18,21H,4-5,7-8H2,1-3H3/q4*+1/i15D,17D;15D;16D;15D. The van der Waals surface area contributed by atoms with Crippen molar-refractivity contribution in [3.8, 4) is 89.5 Å². The molecule has 0 radical (unpaired) electrons. The van der Waals surface area contributed by atoms with Gasteiger partial charge in [-0.2, -0.15) is 13.7 Å². The van der Waals surface area contributed by atoms with E-state index in [1.165, 1.54) is 230 Å². The van der Waals surface area contributed by atoms with Gasteiger partial charge in [0.1, 0.15) is 29.6 Å². The zero-order valence-corrected chi connectivity index (χ0v) is 76.3. The third-order valence-corrected chi connectivity index (χ3v) is 29.3. The Labute approximate surface area is 755 Å². The van der Waals surface area contributed by atoms with E-state index in [1.54, 1.807) is 24.8 Å². The SMILES string of the molecule is [2H]c1c(C)[n+](C)c(-c2cc(C3CCCC3)cc(C)c2C)c2ccc(-c3cccnc3)cc12.[2H]c1c(C)[n+](C)c(-c2cc(C3CCCC3)ccc2C)c2ccc(-c3cccnc3)cc12.[2H]c1c(C)[n+](C)c(-c2cc(C3CCCCC3)ccc2C)c2ccc(-c3cccnc3)cc12.[2H]c1c([2H])[n+](C)c(-c2cc(C3CCCC3)cc(C3CCCC3)c2C)c2ccc(-c3cccnc3)cc12. The van der Waals surface area contributed by atoms with Crippen molar-refractivity contribution >= 4 is 43.1 Å². The molecule has 8 heterocycles. The minimum Gasteiger partial charge on any atom is -0.264 e. The van der Waals surface area contributed by atoms with Gasteiger partial charge in [0.05, 0.1) is 38.2 Å². The number of nitrogens with zero attached hydrogens (tertiary/aromatic N) is 8. The number of hydrogen-bond acceptors (Lipinski definition) is 4. The molecule has 5 saturated carbocycles. The Hall–Kier alpha value is -12.0. The van der Waals surface area contributed by atoms with E-state index in [9.17, 15) is 0 Å². The topological polar surface area (TPSA) is 67.1 Å². The highest BCUT2D eigenvalue weighted by molar-refractivity contribution is 6.00. The monoisotopic (exact) mass is 1660 g/mol. The van der Waals surface area contributed by atoms with Crippen molar-refractivity contribution < 1.29 is 25.1 Å². The maximum absolute atomic E-state index is 8.89. The van der Waals surface area contributed by atoms with Gasteiger partial charge in [0.25, 0.3) is 0 Å². The van der Waals surface area contributed by atoms with Gasteiger partial charge in [-0.3, -0.25) is 19.9 Å². The van der Waals surface area contributed by atoms with Gasteiger partial charge in [0.2, 0.25) is 22.8 Å². The molecule has 8 aromatic carbocycles. The molecule has 8 nitrogen and oxygen atoms in total. The van der Waals surface area contributed by atoms with Crippen molar-refractivity contribution in [2.75, 3.05) is 0 Å². The molecule has 0 spiro atoms. The fourth-order valence-electron chi connectivity index (χ4n) is 21.6. The summed E-state index contributed by atoms with van der Waals surface area (Å²) in [6, 6.07) is 67.9. The van der Waals surface area contributed by atoms with E-state index < -0.39 is 0 Å². The normalized spacial score (nSPS) is 15.8. The predicted octanol–water partition coefficient (Wildman–Crippen LogP) is 28.7. The fraction of sp³-hybridized carbons (Fsp3) is 0.322. The molecule has 0 aliphatic heterocycles. The molecule has 8 aromatic heterocycles. The van der Waals surface area contributed by atoms with E-state index in [4.69, 9.17) is 6.85 Å². The maximum atomic E-state index is 8.89. The number of aromatic nitrogens is 8. The average molecular weight is 1660 g/mol. The van der Waals surface area contributed by atoms with Crippen molar-refractivity contribution in [3.05, 3.63) is 335 Å². The second-order valence-corrected chi connectivity index (χ2v) is 37.2. The lowest BCUT2D eigenvalue weighted by Gasteiger charge is -2.23. The zero-order chi connectivity index (χ0) is 91.0. The smallest absolute Gasteiger partial charge is 0.220 e. The van der Waals surface area contributed by atoms with Crippen LogP contribution in [0.4, 0.5) is 0 Å². The lowest BCUT2D eigenvalue weighted by atomic mass is 9.82. The van der Waals surface area contributed by atoms with Crippen molar-refractivity contribution in [2.45, 2.75) is 220 Å². The molecule has 5 aliphatic rings. The Bertz CT molecular complexity index is 6980. The average Bonchev–Trinajstić information content (AvgIpc) is 0.875. The van der Waals surface area contributed by atoms with Crippen LogP contribution in [0.3, 0.4) is 0 Å². The summed E-state index contributed by atoms with van der Waals surface area (Å²) in [7, 11) is 8.26. The molecule has 634 valence electrons. The van der Waals surface area contributed by atoms with Crippen molar-refractivity contribution in [1.82, 2.24) is 19.9 Å². The molecule has 0 atom stereocenters. The number of aryl methyl sites for hydroxylation is 3. The molecule has 21 rings (SSSR count). The molecular weight excluding hydrogens is 1530 g/mol. The minimum atomic E-state index is 0.258. The number of rotatable bonds is 13. The maximum Gasteiger partial charge on any atom is 0.220 e. The Balaban J connectivity index is 0.000000118. The third kappa shape index (κ3) is 17.7. The van der Waals surface area contributed by atoms with Crippen molar-refractivity contribution in [2.24, 2.45) is 28.2 Å². The van der Waals surface area contributed by atoms with Gasteiger partial charge in [-0.1, -0.05) is 156 Å². The highest BCUT2D eigenvalue weighted by atomic mass is 15.0. The highest BCUT2D eigenvalue weighted by Gasteiger charge is 2.32. The van der Waals surface area contributed by atoms with Crippen LogP contribution in [-0.2, 0) is 28.2 Å². The Morgan fingerprint density at radius 1 is 0.278 bits per heavy atom. The van der Waals surface area contributed by atoms with Gasteiger partial charge in [-0.25, -0.2) is 4.57 Å². The minimum absolute atomic E-state index is 0.258. The number of benzene rings is 8. The summed E-state index contributed by atoms with van der Waals surface area (Å²) in [4.78, 5) is 17.1. The molecule has 0 saturated heterocycles. The summed E-state index contributed by atoms with van der Waals surface area (Å²) >= 11 is 0. The Kier molecular flexibility index (Phi) is 23.5. The van der Waals surface area contributed by atoms with Gasteiger partial charge in [-0.05, 0) is 325 Å². The van der Waals surface area contributed by atoms with Crippen LogP contribution in [0.25, 0.3) is 133 Å². The van der Waals surface area contributed by atoms with Crippen LogP contribution in [0.2, 0.25) is 0 Å². The molecule has 0 unspecified atom stereocenters. The number of hydrogen-bond donors (Lipinski definition) is 0. The van der Waals surface area contributed by atoms with E-state index in [-0.39, 0.29) is 12.2 Å². The Morgan fingerprint density at radius 2 is 0.595 bits per heavy atom. The molecule has 16 aromatic rings. The molecule has 0 amide bonds. The summed E-state index contributed by atoms with van der Waals surface area (Å²) in [6.45, 7) is 17.4. The lowest BCUT2D eigenvalue weighted by molar-refractivity contribution is -0.665. The van der Waals surface area contributed by atoms with Gasteiger partial charge >= 0.3 is 0 Å². The van der Waals surface area contributed by atoms with E-state index in [1.807, 2.05) is 66.7 Å². The van der Waals surface area contributed by atoms with Crippen LogP contribution < -0.4 is 18.3 Å². The quantitative estimate of drug-likeness (QED) is 0.108. The van der Waals surface area contributed by atoms with Crippen LogP contribution in [0, 0.1) is 55.4 Å². The first-order valence-corrected chi connectivity index (χ1v) is 46.9. The number of pyridine rings is 8. The summed E-state index contributed by atoms with van der Waals surface area (Å²) in [6.07, 6.45) is 42.6. The molecule has 126 heavy (non-hydrogen) atoms. The Morgan fingerprint density at radius 3 is 0.968 bits per heavy atom. The van der Waals surface area contributed by atoms with Gasteiger partial charge in [-0.15, -0.1) is 0 Å². The van der Waals surface area contributed by atoms with Crippen LogP contribution >= 0.6 is 0 Å². The molecule has 5 fully saturated rings. The fourth-order valence-corrected chi connectivity index (χ4v) is 21.6. The van der Waals surface area contributed by atoms with Crippen LogP contribution in [0.5, 0.6) is 0 Å². The van der Waals surface area contributed by atoms with Crippen LogP contribution in [-0.4, -0.2) is 19.9 Å². The van der Waals surface area contributed by atoms with Gasteiger partial charge < -0.3 is 0 Å². The summed E-state index contributed by atoms with van der Waals surface area (Å²) in [5, 5.41) is 8.30. The van der Waals surface area contributed by atoms with E-state index >= 15 is 0 Å². The number of fused-ring (bicyclic) bond motifs is 4. The first-order valence-electron chi connectivity index (χ1n) is 49.4. The van der Waals surface area contributed by atoms with Crippen LogP contribution in [0.15, 0.2) is 262 Å². The summed E-state index contributed by atoms with van der Waals surface area (Å²) < 4.78 is 52.9. The second kappa shape index (κ2) is 37.7. The van der Waals surface area contributed by atoms with Crippen LogP contribution in [0.1, 0.15) is 244 Å². The highest BCUT2D eigenvalue weighted by Crippen LogP contribution is 2.47. The molecule has 0 N–H and O–H groups in total. The zero-order valence-electron chi connectivity index (χ0n) is 81.3. The molecule has 8 heteroatoms. The largest absolute Gasteiger partial charge is 0.264 e. The summed E-state index contributed by atoms with van der Waals surface area (Å²) in [5.41, 5.74) is 35.4. The third-order valence-electron chi connectivity index (χ3n) is 29.3. The molecular formula is C118H126N8+4. The molecule has 5 aliphatic carbocycles. The van der Waals surface area contributed by atoms with Gasteiger partial charge in [0.15, 0.2) is 23.3 Å². The van der Waals surface area contributed by atoms with E-state index in [2.05, 4.69) is 262 Å². The van der Waals surface area contributed by atoms with E-state index in [0.717, 1.165) is 110 Å². The predicted molar refractivity (Wildman–Crippen MR) is 524 cm³/mol. The second-order valence-electron chi connectivity index (χ2n) is 37.2. The van der Waals surface area contributed by atoms with Gasteiger partial charge in [0, 0.05) is 128 Å². The summed E-state index contributed by atoms with van der Waals surface area (Å²) in [5.74, 6) is 3.32. The van der Waals surface area contributed by atoms with E-state index in [0.29, 0.717) is 47.7 Å².